The number of carbonyl (C=O) groups excluding carboxylic acids is 1. The average Bonchev–Trinajstić information content (AvgIpc) is 2.70. The summed E-state index contributed by atoms with van der Waals surface area (Å²) in [5, 5.41) is 9.41. The molecule has 0 aromatic heterocycles. The van der Waals surface area contributed by atoms with Gasteiger partial charge in [0.2, 0.25) is 5.91 Å². The fourth-order valence-corrected chi connectivity index (χ4v) is 3.01. The topological polar surface area (TPSA) is 67.8 Å². The van der Waals surface area contributed by atoms with Crippen molar-refractivity contribution in [1.29, 1.82) is 0 Å². The van der Waals surface area contributed by atoms with E-state index in [9.17, 15) is 4.79 Å². The van der Waals surface area contributed by atoms with Crippen LogP contribution in [0.3, 0.4) is 0 Å². The Morgan fingerprint density at radius 2 is 1.67 bits per heavy atom. The predicted molar refractivity (Wildman–Crippen MR) is 106 cm³/mol. The zero-order valence-electron chi connectivity index (χ0n) is 15.7. The molecule has 2 atom stereocenters. The highest BCUT2D eigenvalue weighted by Gasteiger charge is 2.16. The van der Waals surface area contributed by atoms with E-state index in [4.69, 9.17) is 26.3 Å². The molecule has 0 saturated carbocycles. The van der Waals surface area contributed by atoms with Gasteiger partial charge in [0.15, 0.2) is 0 Å². The smallest absolute Gasteiger partial charge is 0.246 e. The van der Waals surface area contributed by atoms with Crippen molar-refractivity contribution in [3.05, 3.63) is 59.1 Å². The standard InChI is InChI=1S/C21H26ClNO4/c1-15(21(24)23-25)4-3-5-20(27-14-26-2)18-8-6-16(7-9-18)17-10-12-19(22)13-11-17/h6-13,15,20,25H,3-5,14H2,1-2H3,(H,23,24). The molecule has 0 saturated heterocycles. The number of ether oxygens (including phenoxy) is 2. The Morgan fingerprint density at radius 3 is 2.22 bits per heavy atom. The fraction of sp³-hybridized carbons (Fsp3) is 0.381. The van der Waals surface area contributed by atoms with Crippen molar-refractivity contribution < 1.29 is 19.5 Å². The largest absolute Gasteiger partial charge is 0.359 e. The molecule has 0 aliphatic rings. The summed E-state index contributed by atoms with van der Waals surface area (Å²) in [6, 6.07) is 15.9. The highest BCUT2D eigenvalue weighted by molar-refractivity contribution is 6.30. The lowest BCUT2D eigenvalue weighted by Gasteiger charge is -2.19. The Balaban J connectivity index is 2.02. The molecule has 2 rings (SSSR count). The second-order valence-electron chi connectivity index (χ2n) is 6.50. The van der Waals surface area contributed by atoms with Crippen LogP contribution in [0, 0.1) is 5.92 Å². The number of hydrogen-bond acceptors (Lipinski definition) is 4. The van der Waals surface area contributed by atoms with Crippen LogP contribution in [0.2, 0.25) is 5.02 Å². The Labute approximate surface area is 165 Å². The number of rotatable bonds is 10. The molecule has 0 aliphatic heterocycles. The van der Waals surface area contributed by atoms with Crippen LogP contribution in [0.4, 0.5) is 0 Å². The average molecular weight is 392 g/mol. The first-order chi connectivity index (χ1) is 13.0. The van der Waals surface area contributed by atoms with Gasteiger partial charge >= 0.3 is 0 Å². The molecule has 6 heteroatoms. The molecule has 2 aromatic rings. The van der Waals surface area contributed by atoms with Crippen molar-refractivity contribution in [2.75, 3.05) is 13.9 Å². The highest BCUT2D eigenvalue weighted by Crippen LogP contribution is 2.28. The van der Waals surface area contributed by atoms with Crippen molar-refractivity contribution in [2.45, 2.75) is 32.3 Å². The Kier molecular flexibility index (Phi) is 8.75. The summed E-state index contributed by atoms with van der Waals surface area (Å²) in [6.07, 6.45) is 2.10. The van der Waals surface area contributed by atoms with Crippen LogP contribution in [-0.2, 0) is 14.3 Å². The van der Waals surface area contributed by atoms with E-state index in [2.05, 4.69) is 12.1 Å². The third-order valence-corrected chi connectivity index (χ3v) is 4.76. The number of amides is 1. The molecule has 0 aliphatic carbocycles. The number of methoxy groups -OCH3 is 1. The maximum Gasteiger partial charge on any atom is 0.246 e. The van der Waals surface area contributed by atoms with Crippen molar-refractivity contribution in [1.82, 2.24) is 5.48 Å². The van der Waals surface area contributed by atoms with Gasteiger partial charge in [-0.25, -0.2) is 5.48 Å². The molecule has 0 radical (unpaired) electrons. The quantitative estimate of drug-likeness (QED) is 0.340. The first-order valence-electron chi connectivity index (χ1n) is 8.95. The van der Waals surface area contributed by atoms with E-state index in [0.717, 1.165) is 29.5 Å². The minimum atomic E-state index is -0.364. The summed E-state index contributed by atoms with van der Waals surface area (Å²) in [5.41, 5.74) is 4.96. The molecule has 2 aromatic carbocycles. The summed E-state index contributed by atoms with van der Waals surface area (Å²) in [4.78, 5) is 11.4. The summed E-state index contributed by atoms with van der Waals surface area (Å²) in [5.74, 6) is -0.609. The lowest BCUT2D eigenvalue weighted by molar-refractivity contribution is -0.133. The molecule has 0 fully saturated rings. The first-order valence-corrected chi connectivity index (χ1v) is 9.33. The monoisotopic (exact) mass is 391 g/mol. The lowest BCUT2D eigenvalue weighted by Crippen LogP contribution is -2.25. The van der Waals surface area contributed by atoms with Gasteiger partial charge in [-0.3, -0.25) is 10.0 Å². The van der Waals surface area contributed by atoms with Gasteiger partial charge in [-0.05, 0) is 48.1 Å². The van der Waals surface area contributed by atoms with Gasteiger partial charge in [-0.1, -0.05) is 54.9 Å². The molecule has 0 bridgehead atoms. The van der Waals surface area contributed by atoms with Crippen molar-refractivity contribution >= 4 is 17.5 Å². The number of benzene rings is 2. The molecule has 146 valence electrons. The van der Waals surface area contributed by atoms with E-state index in [1.54, 1.807) is 19.5 Å². The third-order valence-electron chi connectivity index (χ3n) is 4.51. The van der Waals surface area contributed by atoms with Crippen molar-refractivity contribution in [3.8, 4) is 11.1 Å². The normalized spacial score (nSPS) is 13.2. The zero-order chi connectivity index (χ0) is 19.6. The maximum absolute atomic E-state index is 11.4. The van der Waals surface area contributed by atoms with E-state index in [1.165, 1.54) is 0 Å². The summed E-state index contributed by atoms with van der Waals surface area (Å²) >= 11 is 5.95. The molecule has 2 N–H and O–H groups in total. The van der Waals surface area contributed by atoms with Crippen LogP contribution in [-0.4, -0.2) is 25.0 Å². The molecule has 2 unspecified atom stereocenters. The molecule has 0 heterocycles. The van der Waals surface area contributed by atoms with E-state index in [1.807, 2.05) is 36.4 Å². The first kappa shape index (κ1) is 21.4. The SMILES string of the molecule is COCOC(CCCC(C)C(=O)NO)c1ccc(-c2ccc(Cl)cc2)cc1. The van der Waals surface area contributed by atoms with Crippen molar-refractivity contribution in [2.24, 2.45) is 5.92 Å². The van der Waals surface area contributed by atoms with Gasteiger partial charge in [-0.15, -0.1) is 0 Å². The zero-order valence-corrected chi connectivity index (χ0v) is 16.4. The van der Waals surface area contributed by atoms with Crippen LogP contribution < -0.4 is 5.48 Å². The number of hydrogen-bond donors (Lipinski definition) is 2. The minimum absolute atomic E-state index is 0.117. The number of halogens is 1. The highest BCUT2D eigenvalue weighted by atomic mass is 35.5. The Bertz CT molecular complexity index is 703. The van der Waals surface area contributed by atoms with Gasteiger partial charge in [0, 0.05) is 18.1 Å². The number of hydroxylamine groups is 1. The summed E-state index contributed by atoms with van der Waals surface area (Å²) in [7, 11) is 1.59. The van der Waals surface area contributed by atoms with Crippen molar-refractivity contribution in [3.63, 3.8) is 0 Å². The van der Waals surface area contributed by atoms with Gasteiger partial charge in [-0.2, -0.15) is 0 Å². The van der Waals surface area contributed by atoms with Crippen LogP contribution in [0.25, 0.3) is 11.1 Å². The predicted octanol–water partition coefficient (Wildman–Crippen LogP) is 4.98. The second-order valence-corrected chi connectivity index (χ2v) is 6.94. The number of carbonyl (C=O) groups is 1. The molecule has 1 amide bonds. The van der Waals surface area contributed by atoms with Crippen LogP contribution >= 0.6 is 11.6 Å². The minimum Gasteiger partial charge on any atom is -0.359 e. The molecule has 27 heavy (non-hydrogen) atoms. The summed E-state index contributed by atoms with van der Waals surface area (Å²) < 4.78 is 10.9. The number of nitrogens with one attached hydrogen (secondary N) is 1. The van der Waals surface area contributed by atoms with Crippen LogP contribution in [0.15, 0.2) is 48.5 Å². The Morgan fingerprint density at radius 1 is 1.07 bits per heavy atom. The molecular formula is C21H26ClNO4. The summed E-state index contributed by atoms with van der Waals surface area (Å²) in [6.45, 7) is 1.99. The maximum atomic E-state index is 11.4. The fourth-order valence-electron chi connectivity index (χ4n) is 2.88. The Hall–Kier alpha value is -1.92. The molecule has 5 nitrogen and oxygen atoms in total. The molecule has 0 spiro atoms. The van der Waals surface area contributed by atoms with Gasteiger partial charge < -0.3 is 9.47 Å². The van der Waals surface area contributed by atoms with Gasteiger partial charge in [0.05, 0.1) is 6.10 Å². The third kappa shape index (κ3) is 6.63. The van der Waals surface area contributed by atoms with Gasteiger partial charge in [0.1, 0.15) is 6.79 Å². The second kappa shape index (κ2) is 11.0. The molecular weight excluding hydrogens is 366 g/mol. The van der Waals surface area contributed by atoms with E-state index < -0.39 is 0 Å². The van der Waals surface area contributed by atoms with E-state index in [-0.39, 0.29) is 24.7 Å². The lowest BCUT2D eigenvalue weighted by atomic mass is 9.97. The van der Waals surface area contributed by atoms with Crippen LogP contribution in [0.1, 0.15) is 37.9 Å². The van der Waals surface area contributed by atoms with Crippen LogP contribution in [0.5, 0.6) is 0 Å². The van der Waals surface area contributed by atoms with E-state index in [0.29, 0.717) is 11.4 Å². The van der Waals surface area contributed by atoms with E-state index >= 15 is 0 Å². The van der Waals surface area contributed by atoms with Gasteiger partial charge in [0.25, 0.3) is 0 Å².